The minimum absolute atomic E-state index is 0.251. The second kappa shape index (κ2) is 8.11. The van der Waals surface area contributed by atoms with E-state index >= 15 is 0 Å². The van der Waals surface area contributed by atoms with Gasteiger partial charge in [-0.3, -0.25) is 4.79 Å². The predicted octanol–water partition coefficient (Wildman–Crippen LogP) is 3.19. The Morgan fingerprint density at radius 1 is 1.13 bits per heavy atom. The van der Waals surface area contributed by atoms with Crippen LogP contribution in [0, 0.1) is 6.92 Å². The highest BCUT2D eigenvalue weighted by Gasteiger charge is 2.22. The maximum atomic E-state index is 12.6. The Bertz CT molecular complexity index is 1340. The number of imidazole rings is 1. The topological polar surface area (TPSA) is 122 Å². The molecule has 158 valence electrons. The number of hydrogen-bond donors (Lipinski definition) is 3. The molecular weight excluding hydrogens is 422 g/mol. The SMILES string of the molecule is Cc1c(C(=O)O[C@@H](C)C(=O)Nc2ccc3[nH]c(=O)[nH]c3c2)cnn1-c1ccc(Cl)cc1. The molecule has 0 radical (unpaired) electrons. The van der Waals surface area contributed by atoms with Crippen LogP contribution in [-0.4, -0.2) is 37.7 Å². The van der Waals surface area contributed by atoms with Gasteiger partial charge in [-0.1, -0.05) is 11.6 Å². The number of nitrogens with one attached hydrogen (secondary N) is 3. The zero-order valence-electron chi connectivity index (χ0n) is 16.6. The van der Waals surface area contributed by atoms with Crippen LogP contribution in [0.25, 0.3) is 16.7 Å². The fourth-order valence-corrected chi connectivity index (χ4v) is 3.21. The van der Waals surface area contributed by atoms with Gasteiger partial charge in [0.1, 0.15) is 5.56 Å². The Labute approximate surface area is 181 Å². The Morgan fingerprint density at radius 3 is 2.58 bits per heavy atom. The Hall–Kier alpha value is -3.85. The number of rotatable bonds is 5. The minimum atomic E-state index is -1.05. The molecule has 0 bridgehead atoms. The van der Waals surface area contributed by atoms with Crippen LogP contribution in [0.3, 0.4) is 0 Å². The van der Waals surface area contributed by atoms with E-state index in [4.69, 9.17) is 16.3 Å². The quantitative estimate of drug-likeness (QED) is 0.412. The highest BCUT2D eigenvalue weighted by Crippen LogP contribution is 2.19. The number of benzene rings is 2. The molecule has 10 heteroatoms. The smallest absolute Gasteiger partial charge is 0.342 e. The lowest BCUT2D eigenvalue weighted by molar-refractivity contribution is -0.123. The van der Waals surface area contributed by atoms with E-state index in [-0.39, 0.29) is 11.3 Å². The summed E-state index contributed by atoms with van der Waals surface area (Å²) in [5, 5.41) is 7.49. The van der Waals surface area contributed by atoms with Gasteiger partial charge in [0, 0.05) is 10.7 Å². The van der Waals surface area contributed by atoms with E-state index in [0.29, 0.717) is 27.4 Å². The van der Waals surface area contributed by atoms with Crippen LogP contribution >= 0.6 is 11.6 Å². The number of amides is 1. The van der Waals surface area contributed by atoms with Gasteiger partial charge in [0.25, 0.3) is 5.91 Å². The van der Waals surface area contributed by atoms with Crippen LogP contribution in [0.4, 0.5) is 5.69 Å². The number of ether oxygens (including phenoxy) is 1. The molecule has 0 aliphatic rings. The molecule has 0 fully saturated rings. The third kappa shape index (κ3) is 4.22. The van der Waals surface area contributed by atoms with E-state index in [1.54, 1.807) is 54.1 Å². The Balaban J connectivity index is 1.44. The first-order valence-corrected chi connectivity index (χ1v) is 9.74. The molecule has 4 aromatic rings. The number of carbonyl (C=O) groups excluding carboxylic acids is 2. The third-order valence-corrected chi connectivity index (χ3v) is 4.99. The minimum Gasteiger partial charge on any atom is -0.449 e. The average Bonchev–Trinajstić information content (AvgIpc) is 3.29. The van der Waals surface area contributed by atoms with Crippen molar-refractivity contribution in [2.45, 2.75) is 20.0 Å². The summed E-state index contributed by atoms with van der Waals surface area (Å²) in [4.78, 5) is 41.6. The highest BCUT2D eigenvalue weighted by atomic mass is 35.5. The maximum absolute atomic E-state index is 12.6. The van der Waals surface area contributed by atoms with Crippen molar-refractivity contribution in [1.82, 2.24) is 19.7 Å². The summed E-state index contributed by atoms with van der Waals surface area (Å²) in [5.74, 6) is -1.17. The van der Waals surface area contributed by atoms with Crippen molar-refractivity contribution in [3.8, 4) is 5.69 Å². The molecule has 3 N–H and O–H groups in total. The molecule has 0 spiro atoms. The summed E-state index contributed by atoms with van der Waals surface area (Å²) >= 11 is 5.91. The molecule has 9 nitrogen and oxygen atoms in total. The zero-order chi connectivity index (χ0) is 22.1. The maximum Gasteiger partial charge on any atom is 0.342 e. The first-order valence-electron chi connectivity index (χ1n) is 9.36. The molecular formula is C21H18ClN5O4. The lowest BCUT2D eigenvalue weighted by Crippen LogP contribution is -2.30. The first-order chi connectivity index (χ1) is 14.8. The van der Waals surface area contributed by atoms with Gasteiger partial charge in [0.05, 0.1) is 28.6 Å². The van der Waals surface area contributed by atoms with Crippen LogP contribution in [0.1, 0.15) is 23.0 Å². The van der Waals surface area contributed by atoms with Crippen molar-refractivity contribution < 1.29 is 14.3 Å². The second-order valence-electron chi connectivity index (χ2n) is 6.91. The summed E-state index contributed by atoms with van der Waals surface area (Å²) in [5.41, 5.74) is 2.86. The number of H-pyrrole nitrogens is 2. The van der Waals surface area contributed by atoms with E-state index in [0.717, 1.165) is 5.69 Å². The molecule has 1 atom stereocenters. The molecule has 0 aliphatic heterocycles. The summed E-state index contributed by atoms with van der Waals surface area (Å²) < 4.78 is 6.91. The Morgan fingerprint density at radius 2 is 1.84 bits per heavy atom. The van der Waals surface area contributed by atoms with Gasteiger partial charge in [-0.25, -0.2) is 14.3 Å². The van der Waals surface area contributed by atoms with Crippen LogP contribution in [-0.2, 0) is 9.53 Å². The molecule has 31 heavy (non-hydrogen) atoms. The molecule has 0 saturated heterocycles. The lowest BCUT2D eigenvalue weighted by atomic mass is 10.2. The lowest BCUT2D eigenvalue weighted by Gasteiger charge is -2.13. The normalized spacial score (nSPS) is 12.0. The standard InChI is InChI=1S/C21H18ClN5O4/c1-11-16(10-23-27(11)15-6-3-13(22)4-7-15)20(29)31-12(2)19(28)24-14-5-8-17-18(9-14)26-21(30)25-17/h3-10,12H,1-2H3,(H,24,28)(H2,25,26,30)/t12-/m0/s1. The highest BCUT2D eigenvalue weighted by molar-refractivity contribution is 6.30. The van der Waals surface area contributed by atoms with Crippen molar-refractivity contribution in [3.05, 3.63) is 75.4 Å². The third-order valence-electron chi connectivity index (χ3n) is 4.74. The van der Waals surface area contributed by atoms with E-state index < -0.39 is 18.0 Å². The summed E-state index contributed by atoms with van der Waals surface area (Å²) in [7, 11) is 0. The largest absolute Gasteiger partial charge is 0.449 e. The van der Waals surface area contributed by atoms with Crippen molar-refractivity contribution in [3.63, 3.8) is 0 Å². The molecule has 0 saturated carbocycles. The van der Waals surface area contributed by atoms with Crippen molar-refractivity contribution >= 4 is 40.2 Å². The Kier molecular flexibility index (Phi) is 5.35. The molecule has 2 heterocycles. The van der Waals surface area contributed by atoms with Crippen LogP contribution < -0.4 is 11.0 Å². The molecule has 1 amide bonds. The number of aromatic nitrogens is 4. The number of carbonyl (C=O) groups is 2. The monoisotopic (exact) mass is 439 g/mol. The van der Waals surface area contributed by atoms with Gasteiger partial charge in [0.2, 0.25) is 0 Å². The molecule has 0 unspecified atom stereocenters. The van der Waals surface area contributed by atoms with Gasteiger partial charge in [-0.2, -0.15) is 5.10 Å². The van der Waals surface area contributed by atoms with E-state index in [9.17, 15) is 14.4 Å². The van der Waals surface area contributed by atoms with E-state index in [1.807, 2.05) is 0 Å². The average molecular weight is 440 g/mol. The predicted molar refractivity (Wildman–Crippen MR) is 116 cm³/mol. The number of hydrogen-bond acceptors (Lipinski definition) is 5. The van der Waals surface area contributed by atoms with Crippen LogP contribution in [0.5, 0.6) is 0 Å². The molecule has 0 aliphatic carbocycles. The summed E-state index contributed by atoms with van der Waals surface area (Å²) in [6.07, 6.45) is 0.347. The van der Waals surface area contributed by atoms with Gasteiger partial charge < -0.3 is 20.0 Å². The van der Waals surface area contributed by atoms with E-state index in [1.165, 1.54) is 13.1 Å². The first kappa shape index (κ1) is 20.4. The summed E-state index contributed by atoms with van der Waals surface area (Å²) in [6.45, 7) is 3.21. The number of anilines is 1. The molecule has 2 aromatic heterocycles. The van der Waals surface area contributed by atoms with Crippen molar-refractivity contribution in [2.75, 3.05) is 5.32 Å². The van der Waals surface area contributed by atoms with Crippen molar-refractivity contribution in [2.24, 2.45) is 0 Å². The van der Waals surface area contributed by atoms with E-state index in [2.05, 4.69) is 20.4 Å². The van der Waals surface area contributed by atoms with Gasteiger partial charge in [-0.15, -0.1) is 0 Å². The number of aromatic amines is 2. The second-order valence-corrected chi connectivity index (χ2v) is 7.34. The summed E-state index contributed by atoms with van der Waals surface area (Å²) in [6, 6.07) is 11.9. The van der Waals surface area contributed by atoms with Crippen molar-refractivity contribution in [1.29, 1.82) is 0 Å². The fraction of sp³-hybridized carbons (Fsp3) is 0.143. The fourth-order valence-electron chi connectivity index (χ4n) is 3.08. The molecule has 2 aromatic carbocycles. The van der Waals surface area contributed by atoms with Crippen LogP contribution in [0.15, 0.2) is 53.5 Å². The number of fused-ring (bicyclic) bond motifs is 1. The zero-order valence-corrected chi connectivity index (χ0v) is 17.4. The van der Waals surface area contributed by atoms with Gasteiger partial charge in [-0.05, 0) is 56.3 Å². The number of esters is 1. The van der Waals surface area contributed by atoms with Gasteiger partial charge >= 0.3 is 11.7 Å². The molecule has 4 rings (SSSR count). The number of halogens is 1. The number of nitrogens with zero attached hydrogens (tertiary/aromatic N) is 2. The van der Waals surface area contributed by atoms with Gasteiger partial charge in [0.15, 0.2) is 6.10 Å². The van der Waals surface area contributed by atoms with Crippen LogP contribution in [0.2, 0.25) is 5.02 Å².